The molecule has 0 atom stereocenters. The van der Waals surface area contributed by atoms with Crippen molar-refractivity contribution in [1.82, 2.24) is 9.80 Å². The van der Waals surface area contributed by atoms with Crippen LogP contribution < -0.4 is 0 Å². The van der Waals surface area contributed by atoms with E-state index < -0.39 is 11.7 Å². The number of benzene rings is 2. The molecule has 0 aliphatic carbocycles. The third kappa shape index (κ3) is 5.35. The average Bonchev–Trinajstić information content (AvgIpc) is 2.89. The highest BCUT2D eigenvalue weighted by molar-refractivity contribution is 5.78. The summed E-state index contributed by atoms with van der Waals surface area (Å²) in [5.41, 5.74) is 2.48. The minimum Gasteiger partial charge on any atom is -0.341 e. The molecule has 1 aliphatic heterocycles. The molecular formula is C22H25F3N2O. The van der Waals surface area contributed by atoms with E-state index in [1.165, 1.54) is 23.3 Å². The monoisotopic (exact) mass is 390 g/mol. The number of alkyl halides is 3. The second-order valence-corrected chi connectivity index (χ2v) is 7.31. The number of nitrogens with zero attached hydrogens (tertiary/aromatic N) is 2. The molecule has 150 valence electrons. The van der Waals surface area contributed by atoms with Gasteiger partial charge in [-0.15, -0.1) is 0 Å². The molecule has 0 radical (unpaired) electrons. The summed E-state index contributed by atoms with van der Waals surface area (Å²) in [6.45, 7) is 6.03. The van der Waals surface area contributed by atoms with Gasteiger partial charge in [0.1, 0.15) is 0 Å². The van der Waals surface area contributed by atoms with Crippen LogP contribution in [0.4, 0.5) is 13.2 Å². The summed E-state index contributed by atoms with van der Waals surface area (Å²) in [4.78, 5) is 16.8. The lowest BCUT2D eigenvalue weighted by Gasteiger charge is -2.22. The Bertz CT molecular complexity index is 802. The number of carbonyl (C=O) groups excluding carboxylic acids is 1. The van der Waals surface area contributed by atoms with Crippen LogP contribution in [0.2, 0.25) is 0 Å². The van der Waals surface area contributed by atoms with E-state index in [4.69, 9.17) is 0 Å². The lowest BCUT2D eigenvalue weighted by Crippen LogP contribution is -2.36. The minimum absolute atomic E-state index is 0.0301. The van der Waals surface area contributed by atoms with E-state index in [1.807, 2.05) is 17.0 Å². The Morgan fingerprint density at radius 3 is 2.36 bits per heavy atom. The summed E-state index contributed by atoms with van der Waals surface area (Å²) in [6.07, 6.45) is -3.32. The normalized spacial score (nSPS) is 16.1. The maximum Gasteiger partial charge on any atom is 0.416 e. The quantitative estimate of drug-likeness (QED) is 0.778. The van der Waals surface area contributed by atoms with Crippen molar-refractivity contribution in [2.24, 2.45) is 0 Å². The topological polar surface area (TPSA) is 23.6 Å². The zero-order valence-electron chi connectivity index (χ0n) is 16.0. The molecule has 3 rings (SSSR count). The standard InChI is InChI=1S/C22H25F3N2O/c1-17-5-2-3-6-19(17)16-26-11-4-12-27(14-13-26)21(28)15-18-7-9-20(10-8-18)22(23,24)25/h2-3,5-10H,4,11-16H2,1H3. The molecule has 6 heteroatoms. The maximum atomic E-state index is 12.7. The highest BCUT2D eigenvalue weighted by Gasteiger charge is 2.30. The molecule has 0 bridgehead atoms. The van der Waals surface area contributed by atoms with E-state index >= 15 is 0 Å². The van der Waals surface area contributed by atoms with Crippen molar-refractivity contribution in [3.8, 4) is 0 Å². The Labute approximate surface area is 163 Å². The number of rotatable bonds is 4. The van der Waals surface area contributed by atoms with Crippen LogP contribution in [0.25, 0.3) is 0 Å². The van der Waals surface area contributed by atoms with Crippen molar-refractivity contribution in [3.63, 3.8) is 0 Å². The van der Waals surface area contributed by atoms with Crippen molar-refractivity contribution in [3.05, 3.63) is 70.8 Å². The Morgan fingerprint density at radius 2 is 1.68 bits per heavy atom. The largest absolute Gasteiger partial charge is 0.416 e. The summed E-state index contributed by atoms with van der Waals surface area (Å²) < 4.78 is 38.0. The van der Waals surface area contributed by atoms with Crippen LogP contribution in [0.5, 0.6) is 0 Å². The fourth-order valence-corrected chi connectivity index (χ4v) is 3.50. The van der Waals surface area contributed by atoms with E-state index in [9.17, 15) is 18.0 Å². The van der Waals surface area contributed by atoms with Crippen LogP contribution in [0.1, 0.15) is 28.7 Å². The second kappa shape index (κ2) is 8.78. The molecule has 1 saturated heterocycles. The molecule has 0 N–H and O–H groups in total. The highest BCUT2D eigenvalue weighted by atomic mass is 19.4. The van der Waals surface area contributed by atoms with Crippen LogP contribution in [-0.4, -0.2) is 41.9 Å². The number of amides is 1. The molecule has 0 spiro atoms. The molecule has 2 aromatic carbocycles. The summed E-state index contributed by atoms with van der Waals surface area (Å²) in [5.74, 6) is -0.0301. The molecule has 0 aromatic heterocycles. The highest BCUT2D eigenvalue weighted by Crippen LogP contribution is 2.29. The first-order valence-electron chi connectivity index (χ1n) is 9.54. The Morgan fingerprint density at radius 1 is 0.964 bits per heavy atom. The predicted molar refractivity (Wildman–Crippen MR) is 103 cm³/mol. The molecule has 1 heterocycles. The first-order chi connectivity index (χ1) is 13.3. The van der Waals surface area contributed by atoms with Gasteiger partial charge in [-0.05, 0) is 42.2 Å². The van der Waals surface area contributed by atoms with Gasteiger partial charge in [0.2, 0.25) is 5.91 Å². The van der Waals surface area contributed by atoms with Gasteiger partial charge in [-0.1, -0.05) is 36.4 Å². The zero-order chi connectivity index (χ0) is 20.1. The number of hydrogen-bond donors (Lipinski definition) is 0. The Balaban J connectivity index is 1.55. The minimum atomic E-state index is -4.35. The maximum absolute atomic E-state index is 12.7. The zero-order valence-corrected chi connectivity index (χ0v) is 16.0. The van der Waals surface area contributed by atoms with Crippen molar-refractivity contribution >= 4 is 5.91 Å². The van der Waals surface area contributed by atoms with Crippen molar-refractivity contribution in [1.29, 1.82) is 0 Å². The molecule has 3 nitrogen and oxygen atoms in total. The van der Waals surface area contributed by atoms with Crippen molar-refractivity contribution in [2.75, 3.05) is 26.2 Å². The Kier molecular flexibility index (Phi) is 6.39. The van der Waals surface area contributed by atoms with Crippen LogP contribution >= 0.6 is 0 Å². The molecule has 0 saturated carbocycles. The Hall–Kier alpha value is -2.34. The van der Waals surface area contributed by atoms with Gasteiger partial charge in [-0.3, -0.25) is 9.69 Å². The average molecular weight is 390 g/mol. The first kappa shape index (κ1) is 20.4. The fourth-order valence-electron chi connectivity index (χ4n) is 3.50. The molecule has 1 amide bonds. The van der Waals surface area contributed by atoms with E-state index in [-0.39, 0.29) is 12.3 Å². The number of carbonyl (C=O) groups is 1. The van der Waals surface area contributed by atoms with E-state index in [1.54, 1.807) is 0 Å². The second-order valence-electron chi connectivity index (χ2n) is 7.31. The van der Waals surface area contributed by atoms with Gasteiger partial charge in [0, 0.05) is 32.7 Å². The lowest BCUT2D eigenvalue weighted by molar-refractivity contribution is -0.137. The molecule has 2 aromatic rings. The van der Waals surface area contributed by atoms with Gasteiger partial charge >= 0.3 is 6.18 Å². The van der Waals surface area contributed by atoms with Crippen molar-refractivity contribution < 1.29 is 18.0 Å². The van der Waals surface area contributed by atoms with E-state index in [0.29, 0.717) is 18.7 Å². The van der Waals surface area contributed by atoms with Crippen LogP contribution in [0.15, 0.2) is 48.5 Å². The summed E-state index contributed by atoms with van der Waals surface area (Å²) in [6, 6.07) is 13.2. The van der Waals surface area contributed by atoms with Gasteiger partial charge in [0.25, 0.3) is 0 Å². The predicted octanol–water partition coefficient (Wildman–Crippen LogP) is 4.29. The van der Waals surface area contributed by atoms with Gasteiger partial charge in [-0.2, -0.15) is 13.2 Å². The van der Waals surface area contributed by atoms with Crippen LogP contribution in [-0.2, 0) is 23.9 Å². The summed E-state index contributed by atoms with van der Waals surface area (Å²) in [7, 11) is 0. The van der Waals surface area contributed by atoms with Gasteiger partial charge < -0.3 is 4.90 Å². The number of halogens is 3. The van der Waals surface area contributed by atoms with Gasteiger partial charge in [0.05, 0.1) is 12.0 Å². The van der Waals surface area contributed by atoms with Crippen molar-refractivity contribution in [2.45, 2.75) is 32.5 Å². The first-order valence-corrected chi connectivity index (χ1v) is 9.54. The fraction of sp³-hybridized carbons (Fsp3) is 0.409. The van der Waals surface area contributed by atoms with Gasteiger partial charge in [0.15, 0.2) is 0 Å². The summed E-state index contributed by atoms with van der Waals surface area (Å²) in [5, 5.41) is 0. The SMILES string of the molecule is Cc1ccccc1CN1CCCN(C(=O)Cc2ccc(C(F)(F)F)cc2)CC1. The van der Waals surface area contributed by atoms with E-state index in [0.717, 1.165) is 38.2 Å². The number of hydrogen-bond acceptors (Lipinski definition) is 2. The lowest BCUT2D eigenvalue weighted by atomic mass is 10.1. The molecule has 1 fully saturated rings. The third-order valence-electron chi connectivity index (χ3n) is 5.23. The van der Waals surface area contributed by atoms with Gasteiger partial charge in [-0.25, -0.2) is 0 Å². The summed E-state index contributed by atoms with van der Waals surface area (Å²) >= 11 is 0. The van der Waals surface area contributed by atoms with E-state index in [2.05, 4.69) is 24.0 Å². The molecular weight excluding hydrogens is 365 g/mol. The van der Waals surface area contributed by atoms with Crippen LogP contribution in [0, 0.1) is 6.92 Å². The molecule has 1 aliphatic rings. The third-order valence-corrected chi connectivity index (χ3v) is 5.23. The molecule has 0 unspecified atom stereocenters. The molecule has 28 heavy (non-hydrogen) atoms. The smallest absolute Gasteiger partial charge is 0.341 e. The number of aryl methyl sites for hydroxylation is 1. The van der Waals surface area contributed by atoms with Crippen LogP contribution in [0.3, 0.4) is 0 Å².